The van der Waals surface area contributed by atoms with E-state index < -0.39 is 0 Å². The van der Waals surface area contributed by atoms with Gasteiger partial charge in [-0.05, 0) is 44.0 Å². The fourth-order valence-corrected chi connectivity index (χ4v) is 2.99. The molecule has 1 aromatic carbocycles. The van der Waals surface area contributed by atoms with Crippen LogP contribution in [0.25, 0.3) is 0 Å². The summed E-state index contributed by atoms with van der Waals surface area (Å²) in [5.41, 5.74) is 0. The third-order valence-corrected chi connectivity index (χ3v) is 4.49. The number of nitrogens with zero attached hydrogens (tertiary/aromatic N) is 2. The van der Waals surface area contributed by atoms with Crippen LogP contribution in [0.15, 0.2) is 29.3 Å². The van der Waals surface area contributed by atoms with Crippen molar-refractivity contribution in [1.82, 2.24) is 10.2 Å². The van der Waals surface area contributed by atoms with Gasteiger partial charge in [0.2, 0.25) is 0 Å². The number of guanidine groups is 1. The lowest BCUT2D eigenvalue weighted by Crippen LogP contribution is -2.48. The normalized spacial score (nSPS) is 16.8. The van der Waals surface area contributed by atoms with Crippen LogP contribution in [0, 0.1) is 5.92 Å². The van der Waals surface area contributed by atoms with Crippen LogP contribution >= 0.6 is 0 Å². The summed E-state index contributed by atoms with van der Waals surface area (Å²) in [6.45, 7) is 4.21. The second kappa shape index (κ2) is 9.89. The monoisotopic (exact) mass is 363 g/mol. The Kier molecular flexibility index (Phi) is 7.56. The number of likely N-dealkylation sites (tertiary alicyclic amines) is 1. The van der Waals surface area contributed by atoms with E-state index in [1.54, 1.807) is 14.2 Å². The highest BCUT2D eigenvalue weighted by Gasteiger charge is 2.27. The standard InChI is InChI=1S/C19H29N3O4/c1-14(26-17-7-5-16(24-3)6-8-17)13-21-19(20-2)22-11-9-15(10-12-22)18(23)25-4/h5-8,14-15H,9-13H2,1-4H3,(H,20,21). The highest BCUT2D eigenvalue weighted by molar-refractivity contribution is 5.80. The summed E-state index contributed by atoms with van der Waals surface area (Å²) >= 11 is 0. The first kappa shape index (κ1) is 19.9. The van der Waals surface area contributed by atoms with Crippen molar-refractivity contribution in [3.63, 3.8) is 0 Å². The second-order valence-corrected chi connectivity index (χ2v) is 6.32. The van der Waals surface area contributed by atoms with Gasteiger partial charge in [-0.1, -0.05) is 0 Å². The largest absolute Gasteiger partial charge is 0.497 e. The van der Waals surface area contributed by atoms with E-state index in [9.17, 15) is 4.79 Å². The van der Waals surface area contributed by atoms with E-state index in [4.69, 9.17) is 14.2 Å². The van der Waals surface area contributed by atoms with Gasteiger partial charge in [0.15, 0.2) is 5.96 Å². The lowest BCUT2D eigenvalue weighted by atomic mass is 9.97. The molecule has 1 aromatic rings. The van der Waals surface area contributed by atoms with Gasteiger partial charge < -0.3 is 24.4 Å². The molecule has 0 amide bonds. The van der Waals surface area contributed by atoms with E-state index in [2.05, 4.69) is 15.2 Å². The van der Waals surface area contributed by atoms with E-state index in [-0.39, 0.29) is 18.0 Å². The first-order valence-electron chi connectivity index (χ1n) is 8.91. The van der Waals surface area contributed by atoms with Crippen LogP contribution in [0.5, 0.6) is 11.5 Å². The summed E-state index contributed by atoms with van der Waals surface area (Å²) in [5, 5.41) is 3.35. The number of benzene rings is 1. The highest BCUT2D eigenvalue weighted by atomic mass is 16.5. The van der Waals surface area contributed by atoms with Crippen molar-refractivity contribution in [3.8, 4) is 11.5 Å². The zero-order valence-electron chi connectivity index (χ0n) is 16.0. The molecule has 1 saturated heterocycles. The van der Waals surface area contributed by atoms with Crippen molar-refractivity contribution in [2.24, 2.45) is 10.9 Å². The number of hydrogen-bond donors (Lipinski definition) is 1. The first-order chi connectivity index (χ1) is 12.6. The van der Waals surface area contributed by atoms with Crippen molar-refractivity contribution in [1.29, 1.82) is 0 Å². The number of ether oxygens (including phenoxy) is 3. The molecule has 1 N–H and O–H groups in total. The number of carbonyl (C=O) groups is 1. The predicted molar refractivity (Wildman–Crippen MR) is 101 cm³/mol. The molecule has 0 radical (unpaired) electrons. The minimum atomic E-state index is -0.117. The number of carbonyl (C=O) groups excluding carboxylic acids is 1. The molecule has 1 atom stereocenters. The van der Waals surface area contributed by atoms with Crippen LogP contribution in [-0.4, -0.2) is 63.8 Å². The van der Waals surface area contributed by atoms with E-state index in [0.29, 0.717) is 6.54 Å². The second-order valence-electron chi connectivity index (χ2n) is 6.32. The van der Waals surface area contributed by atoms with E-state index in [0.717, 1.165) is 43.4 Å². The molecule has 0 bridgehead atoms. The number of rotatable bonds is 6. The number of aliphatic imine (C=N–C) groups is 1. The van der Waals surface area contributed by atoms with Gasteiger partial charge in [-0.2, -0.15) is 0 Å². The topological polar surface area (TPSA) is 72.4 Å². The smallest absolute Gasteiger partial charge is 0.308 e. The van der Waals surface area contributed by atoms with E-state index >= 15 is 0 Å². The van der Waals surface area contributed by atoms with Crippen LogP contribution in [0.4, 0.5) is 0 Å². The fraction of sp³-hybridized carbons (Fsp3) is 0.579. The molecule has 7 nitrogen and oxygen atoms in total. The summed E-state index contributed by atoms with van der Waals surface area (Å²) in [6.07, 6.45) is 1.55. The van der Waals surface area contributed by atoms with Crippen molar-refractivity contribution in [2.75, 3.05) is 40.9 Å². The third kappa shape index (κ3) is 5.54. The Morgan fingerprint density at radius 2 is 1.85 bits per heavy atom. The van der Waals surface area contributed by atoms with E-state index in [1.807, 2.05) is 31.2 Å². The number of methoxy groups -OCH3 is 2. The Balaban J connectivity index is 1.78. The lowest BCUT2D eigenvalue weighted by molar-refractivity contribution is -0.146. The summed E-state index contributed by atoms with van der Waals surface area (Å²) in [5.74, 6) is 2.31. The maximum atomic E-state index is 11.6. The molecule has 1 unspecified atom stereocenters. The highest BCUT2D eigenvalue weighted by Crippen LogP contribution is 2.19. The van der Waals surface area contributed by atoms with Crippen molar-refractivity contribution >= 4 is 11.9 Å². The van der Waals surface area contributed by atoms with Gasteiger partial charge in [0.05, 0.1) is 26.7 Å². The maximum absolute atomic E-state index is 11.6. The summed E-state index contributed by atoms with van der Waals surface area (Å²) in [7, 11) is 4.85. The molecule has 0 saturated carbocycles. The average Bonchev–Trinajstić information content (AvgIpc) is 2.69. The molecular weight excluding hydrogens is 334 g/mol. The van der Waals surface area contributed by atoms with Gasteiger partial charge in [-0.3, -0.25) is 9.79 Å². The molecular formula is C19H29N3O4. The zero-order valence-corrected chi connectivity index (χ0v) is 16.0. The Bertz CT molecular complexity index is 595. The Labute approximate surface area is 155 Å². The zero-order chi connectivity index (χ0) is 18.9. The van der Waals surface area contributed by atoms with Gasteiger partial charge in [-0.15, -0.1) is 0 Å². The molecule has 144 valence electrons. The van der Waals surface area contributed by atoms with Crippen LogP contribution in [0.2, 0.25) is 0 Å². The lowest BCUT2D eigenvalue weighted by Gasteiger charge is -2.33. The molecule has 2 rings (SSSR count). The first-order valence-corrected chi connectivity index (χ1v) is 8.91. The quantitative estimate of drug-likeness (QED) is 0.473. The van der Waals surface area contributed by atoms with Crippen molar-refractivity contribution < 1.29 is 19.0 Å². The minimum absolute atomic E-state index is 0.00770. The van der Waals surface area contributed by atoms with Crippen LogP contribution in [0.1, 0.15) is 19.8 Å². The van der Waals surface area contributed by atoms with Gasteiger partial charge in [0.1, 0.15) is 17.6 Å². The van der Waals surface area contributed by atoms with Gasteiger partial charge in [0.25, 0.3) is 0 Å². The Hall–Kier alpha value is -2.44. The number of hydrogen-bond acceptors (Lipinski definition) is 5. The summed E-state index contributed by atoms with van der Waals surface area (Å²) in [6, 6.07) is 7.53. The molecule has 1 aliphatic rings. The molecule has 0 aliphatic carbocycles. The number of nitrogens with one attached hydrogen (secondary N) is 1. The Morgan fingerprint density at radius 3 is 2.38 bits per heavy atom. The van der Waals surface area contributed by atoms with Crippen LogP contribution in [0.3, 0.4) is 0 Å². The fourth-order valence-electron chi connectivity index (χ4n) is 2.99. The molecule has 0 aromatic heterocycles. The van der Waals surface area contributed by atoms with Crippen molar-refractivity contribution in [2.45, 2.75) is 25.9 Å². The summed E-state index contributed by atoms with van der Waals surface area (Å²) < 4.78 is 15.9. The van der Waals surface area contributed by atoms with Gasteiger partial charge in [-0.25, -0.2) is 0 Å². The average molecular weight is 363 g/mol. The van der Waals surface area contributed by atoms with Gasteiger partial charge in [0, 0.05) is 20.1 Å². The van der Waals surface area contributed by atoms with Crippen molar-refractivity contribution in [3.05, 3.63) is 24.3 Å². The molecule has 26 heavy (non-hydrogen) atoms. The minimum Gasteiger partial charge on any atom is -0.497 e. The molecule has 1 aliphatic heterocycles. The SMILES string of the molecule is CN=C(NCC(C)Oc1ccc(OC)cc1)N1CCC(C(=O)OC)CC1. The van der Waals surface area contributed by atoms with E-state index in [1.165, 1.54) is 7.11 Å². The number of piperidine rings is 1. The third-order valence-electron chi connectivity index (χ3n) is 4.49. The molecule has 7 heteroatoms. The molecule has 1 fully saturated rings. The van der Waals surface area contributed by atoms with Gasteiger partial charge >= 0.3 is 5.97 Å². The Morgan fingerprint density at radius 1 is 1.23 bits per heavy atom. The summed E-state index contributed by atoms with van der Waals surface area (Å²) in [4.78, 5) is 18.1. The van der Waals surface area contributed by atoms with Crippen LogP contribution < -0.4 is 14.8 Å². The molecule has 0 spiro atoms. The predicted octanol–water partition coefficient (Wildman–Crippen LogP) is 1.92. The number of esters is 1. The van der Waals surface area contributed by atoms with Crippen LogP contribution in [-0.2, 0) is 9.53 Å². The molecule has 1 heterocycles. The maximum Gasteiger partial charge on any atom is 0.308 e.